The van der Waals surface area contributed by atoms with Crippen molar-refractivity contribution in [3.63, 3.8) is 0 Å². The summed E-state index contributed by atoms with van der Waals surface area (Å²) in [5.74, 6) is -0.931. The van der Waals surface area contributed by atoms with Gasteiger partial charge < -0.3 is 14.8 Å². The smallest absolute Gasteiger partial charge is 0.329 e. The molecule has 27 heavy (non-hydrogen) atoms. The van der Waals surface area contributed by atoms with Crippen molar-refractivity contribution < 1.29 is 23.5 Å². The molecule has 0 aliphatic carbocycles. The quantitative estimate of drug-likeness (QED) is 0.441. The zero-order chi connectivity index (χ0) is 19.6. The highest BCUT2D eigenvalue weighted by Gasteiger charge is 2.09. The molecule has 0 aliphatic rings. The number of nitrogens with zero attached hydrogens (tertiary/aromatic N) is 1. The number of amides is 2. The number of likely N-dealkylation sites (N-methyl/N-ethyl adjacent to an activating group) is 1. The molecule has 2 rings (SSSR count). The molecule has 0 saturated heterocycles. The van der Waals surface area contributed by atoms with Crippen LogP contribution in [0.2, 0.25) is 0 Å². The highest BCUT2D eigenvalue weighted by atomic mass is 19.1. The van der Waals surface area contributed by atoms with Gasteiger partial charge in [-0.15, -0.1) is 0 Å². The summed E-state index contributed by atoms with van der Waals surface area (Å²) in [7, 11) is 1.35. The predicted octanol–water partition coefficient (Wildman–Crippen LogP) is 2.00. The fraction of sp³-hybridized carbons (Fsp3) is 0.211. The minimum Gasteiger partial charge on any atom is -0.490 e. The number of ether oxygens (including phenoxy) is 2. The van der Waals surface area contributed by atoms with E-state index in [1.54, 1.807) is 30.3 Å². The number of rotatable bonds is 7. The molecular weight excluding hydrogens is 353 g/mol. The third kappa shape index (κ3) is 6.10. The van der Waals surface area contributed by atoms with Crippen LogP contribution in [0.1, 0.15) is 18.1 Å². The SMILES string of the molecule is CCOc1cc(/C=N\NC(=O)C(=O)NC)ccc1OCc1ccc(F)cc1. The predicted molar refractivity (Wildman–Crippen MR) is 98.1 cm³/mol. The summed E-state index contributed by atoms with van der Waals surface area (Å²) < 4.78 is 24.3. The Labute approximate surface area is 156 Å². The topological polar surface area (TPSA) is 89.0 Å². The second-order valence-corrected chi connectivity index (χ2v) is 5.33. The molecule has 0 fully saturated rings. The van der Waals surface area contributed by atoms with E-state index in [2.05, 4.69) is 15.8 Å². The third-order valence-corrected chi connectivity index (χ3v) is 3.39. The van der Waals surface area contributed by atoms with Gasteiger partial charge in [-0.1, -0.05) is 12.1 Å². The minimum atomic E-state index is -0.863. The van der Waals surface area contributed by atoms with Crippen LogP contribution in [0.4, 0.5) is 4.39 Å². The van der Waals surface area contributed by atoms with Gasteiger partial charge in [0.25, 0.3) is 0 Å². The Morgan fingerprint density at radius 3 is 2.48 bits per heavy atom. The standard InChI is InChI=1S/C19H20FN3O4/c1-3-26-17-10-14(11-22-23-19(25)18(24)21-2)6-9-16(17)27-12-13-4-7-15(20)8-5-13/h4-11H,3,12H2,1-2H3,(H,21,24)(H,23,25)/b22-11-. The van der Waals surface area contributed by atoms with E-state index in [9.17, 15) is 14.0 Å². The van der Waals surface area contributed by atoms with E-state index in [1.165, 1.54) is 25.4 Å². The van der Waals surface area contributed by atoms with Gasteiger partial charge >= 0.3 is 11.8 Å². The first kappa shape index (κ1) is 19.9. The molecule has 0 aromatic heterocycles. The largest absolute Gasteiger partial charge is 0.490 e. The third-order valence-electron chi connectivity index (χ3n) is 3.39. The number of hydrazone groups is 1. The number of carbonyl (C=O) groups is 2. The van der Waals surface area contributed by atoms with Crippen LogP contribution in [0.3, 0.4) is 0 Å². The van der Waals surface area contributed by atoms with Gasteiger partial charge in [-0.2, -0.15) is 5.10 Å². The Balaban J connectivity index is 2.05. The maximum absolute atomic E-state index is 13.0. The Morgan fingerprint density at radius 2 is 1.81 bits per heavy atom. The van der Waals surface area contributed by atoms with E-state index in [-0.39, 0.29) is 12.4 Å². The van der Waals surface area contributed by atoms with Crippen LogP contribution in [-0.2, 0) is 16.2 Å². The number of halogens is 1. The minimum absolute atomic E-state index is 0.260. The van der Waals surface area contributed by atoms with Crippen molar-refractivity contribution in [3.8, 4) is 11.5 Å². The molecule has 0 bridgehead atoms. The van der Waals surface area contributed by atoms with E-state index >= 15 is 0 Å². The maximum Gasteiger partial charge on any atom is 0.329 e. The molecule has 0 heterocycles. The second kappa shape index (κ2) is 9.91. The molecule has 2 N–H and O–H groups in total. The molecular formula is C19H20FN3O4. The van der Waals surface area contributed by atoms with Gasteiger partial charge in [-0.25, -0.2) is 9.82 Å². The first-order chi connectivity index (χ1) is 13.0. The monoisotopic (exact) mass is 373 g/mol. The van der Waals surface area contributed by atoms with E-state index in [0.29, 0.717) is 23.7 Å². The van der Waals surface area contributed by atoms with Crippen molar-refractivity contribution in [2.75, 3.05) is 13.7 Å². The van der Waals surface area contributed by atoms with Crippen LogP contribution >= 0.6 is 0 Å². The average molecular weight is 373 g/mol. The van der Waals surface area contributed by atoms with Crippen molar-refractivity contribution in [3.05, 3.63) is 59.4 Å². The molecule has 2 amide bonds. The van der Waals surface area contributed by atoms with Gasteiger partial charge in [-0.05, 0) is 48.4 Å². The summed E-state index contributed by atoms with van der Waals surface area (Å²) in [5, 5.41) is 5.92. The van der Waals surface area contributed by atoms with Crippen molar-refractivity contribution in [2.24, 2.45) is 5.10 Å². The summed E-state index contributed by atoms with van der Waals surface area (Å²) in [5.41, 5.74) is 3.58. The van der Waals surface area contributed by atoms with Crippen molar-refractivity contribution >= 4 is 18.0 Å². The first-order valence-corrected chi connectivity index (χ1v) is 8.22. The summed E-state index contributed by atoms with van der Waals surface area (Å²) in [6.45, 7) is 2.53. The van der Waals surface area contributed by atoms with Crippen molar-refractivity contribution in [2.45, 2.75) is 13.5 Å². The van der Waals surface area contributed by atoms with Crippen LogP contribution in [-0.4, -0.2) is 31.7 Å². The fourth-order valence-electron chi connectivity index (χ4n) is 2.06. The molecule has 0 spiro atoms. The summed E-state index contributed by atoms with van der Waals surface area (Å²) >= 11 is 0. The van der Waals surface area contributed by atoms with E-state index in [1.807, 2.05) is 6.92 Å². The lowest BCUT2D eigenvalue weighted by molar-refractivity contribution is -0.138. The summed E-state index contributed by atoms with van der Waals surface area (Å²) in [4.78, 5) is 22.4. The highest BCUT2D eigenvalue weighted by Crippen LogP contribution is 2.28. The fourth-order valence-corrected chi connectivity index (χ4v) is 2.06. The van der Waals surface area contributed by atoms with Crippen molar-refractivity contribution in [1.82, 2.24) is 10.7 Å². The summed E-state index contributed by atoms with van der Waals surface area (Å²) in [6, 6.07) is 11.1. The molecule has 142 valence electrons. The lowest BCUT2D eigenvalue weighted by Gasteiger charge is -2.12. The zero-order valence-corrected chi connectivity index (χ0v) is 15.0. The highest BCUT2D eigenvalue weighted by molar-refractivity contribution is 6.34. The Kier molecular flexibility index (Phi) is 7.30. The molecule has 0 atom stereocenters. The number of carbonyl (C=O) groups excluding carboxylic acids is 2. The lowest BCUT2D eigenvalue weighted by atomic mass is 10.2. The molecule has 0 aliphatic heterocycles. The maximum atomic E-state index is 13.0. The molecule has 0 unspecified atom stereocenters. The average Bonchev–Trinajstić information content (AvgIpc) is 2.68. The van der Waals surface area contributed by atoms with Gasteiger partial charge in [0, 0.05) is 7.05 Å². The van der Waals surface area contributed by atoms with Crippen LogP contribution < -0.4 is 20.2 Å². The van der Waals surface area contributed by atoms with Gasteiger partial charge in [0.2, 0.25) is 0 Å². The normalized spacial score (nSPS) is 10.5. The summed E-state index contributed by atoms with van der Waals surface area (Å²) in [6.07, 6.45) is 1.38. The first-order valence-electron chi connectivity index (χ1n) is 8.22. The zero-order valence-electron chi connectivity index (χ0n) is 15.0. The second-order valence-electron chi connectivity index (χ2n) is 5.33. The molecule has 2 aromatic carbocycles. The number of hydrogen-bond acceptors (Lipinski definition) is 5. The number of nitrogens with one attached hydrogen (secondary N) is 2. The van der Waals surface area contributed by atoms with E-state index in [0.717, 1.165) is 5.56 Å². The molecule has 0 saturated carbocycles. The van der Waals surface area contributed by atoms with Crippen LogP contribution in [0, 0.1) is 5.82 Å². The van der Waals surface area contributed by atoms with Crippen LogP contribution in [0.25, 0.3) is 0 Å². The Bertz CT molecular complexity index is 822. The Hall–Kier alpha value is -3.42. The van der Waals surface area contributed by atoms with Crippen LogP contribution in [0.15, 0.2) is 47.6 Å². The van der Waals surface area contributed by atoms with E-state index < -0.39 is 11.8 Å². The molecule has 0 radical (unpaired) electrons. The lowest BCUT2D eigenvalue weighted by Crippen LogP contribution is -2.35. The van der Waals surface area contributed by atoms with Gasteiger partial charge in [0.05, 0.1) is 12.8 Å². The Morgan fingerprint density at radius 1 is 1.07 bits per heavy atom. The van der Waals surface area contributed by atoms with Gasteiger partial charge in [0.1, 0.15) is 12.4 Å². The number of hydrogen-bond donors (Lipinski definition) is 2. The van der Waals surface area contributed by atoms with Gasteiger partial charge in [-0.3, -0.25) is 9.59 Å². The van der Waals surface area contributed by atoms with Crippen molar-refractivity contribution in [1.29, 1.82) is 0 Å². The van der Waals surface area contributed by atoms with Crippen LogP contribution in [0.5, 0.6) is 11.5 Å². The molecule has 2 aromatic rings. The molecule has 7 nitrogen and oxygen atoms in total. The van der Waals surface area contributed by atoms with E-state index in [4.69, 9.17) is 9.47 Å². The molecule has 8 heteroatoms. The van der Waals surface area contributed by atoms with Gasteiger partial charge in [0.15, 0.2) is 11.5 Å². The number of benzene rings is 2.